The Morgan fingerprint density at radius 1 is 0.982 bits per heavy atom. The molecule has 1 unspecified atom stereocenters. The molecule has 5 atom stereocenters. The number of sulfonamides is 1. The van der Waals surface area contributed by atoms with Gasteiger partial charge in [-0.2, -0.15) is 0 Å². The molecule has 296 valence electrons. The first kappa shape index (κ1) is 39.4. The number of rotatable bonds is 12. The summed E-state index contributed by atoms with van der Waals surface area (Å²) in [4.78, 5) is 67.8. The largest absolute Gasteiger partial charge is 0.471 e. The first-order valence-corrected chi connectivity index (χ1v) is 21.7. The highest BCUT2D eigenvalue weighted by atomic mass is 32.2. The third-order valence-electron chi connectivity index (χ3n) is 10.4. The van der Waals surface area contributed by atoms with Gasteiger partial charge in [-0.15, -0.1) is 29.3 Å². The molecule has 1 saturated heterocycles. The number of thiophene rings is 2. The van der Waals surface area contributed by atoms with Crippen LogP contribution in [-0.4, -0.2) is 83.5 Å². The van der Waals surface area contributed by atoms with E-state index in [0.717, 1.165) is 41.9 Å². The van der Waals surface area contributed by atoms with Gasteiger partial charge in [0.05, 0.1) is 22.5 Å². The molecule has 4 aromatic rings. The van der Waals surface area contributed by atoms with Crippen molar-refractivity contribution in [2.45, 2.75) is 93.3 Å². The van der Waals surface area contributed by atoms with Crippen molar-refractivity contribution in [1.82, 2.24) is 30.2 Å². The average Bonchev–Trinajstić information content (AvgIpc) is 3.84. The van der Waals surface area contributed by atoms with Crippen molar-refractivity contribution in [2.24, 2.45) is 11.3 Å². The van der Waals surface area contributed by atoms with Crippen molar-refractivity contribution in [3.8, 4) is 16.5 Å². The highest BCUT2D eigenvalue weighted by Crippen LogP contribution is 2.45. The van der Waals surface area contributed by atoms with Crippen LogP contribution in [0.4, 0.5) is 4.79 Å². The van der Waals surface area contributed by atoms with E-state index >= 15 is 0 Å². The van der Waals surface area contributed by atoms with E-state index in [1.54, 1.807) is 32.2 Å². The maximum atomic E-state index is 14.7. The maximum absolute atomic E-state index is 14.7. The monoisotopic (exact) mass is 820 g/mol. The predicted molar refractivity (Wildman–Crippen MR) is 211 cm³/mol. The molecule has 0 spiro atoms. The van der Waals surface area contributed by atoms with Crippen LogP contribution in [-0.2, 0) is 29.1 Å². The van der Waals surface area contributed by atoms with E-state index in [2.05, 4.69) is 21.9 Å². The maximum Gasteiger partial charge on any atom is 0.408 e. The molecule has 4 heterocycles. The molecule has 3 N–H and O–H groups in total. The number of likely N-dealkylation sites (tertiary alicyclic amines) is 1. The molecule has 2 saturated carbocycles. The number of nitrogens with one attached hydrogen (secondary N) is 3. The lowest BCUT2D eigenvalue weighted by Gasteiger charge is -2.35. The summed E-state index contributed by atoms with van der Waals surface area (Å²) >= 11 is 2.41. The number of amides is 4. The zero-order valence-corrected chi connectivity index (χ0v) is 33.7. The summed E-state index contributed by atoms with van der Waals surface area (Å²) in [7, 11) is -4.22. The Morgan fingerprint density at radius 2 is 1.68 bits per heavy atom. The van der Waals surface area contributed by atoms with Gasteiger partial charge in [0.1, 0.15) is 39.7 Å². The number of alkyl carbamates (subject to hydrolysis) is 1. The van der Waals surface area contributed by atoms with Crippen LogP contribution in [0.15, 0.2) is 76.2 Å². The zero-order chi connectivity index (χ0) is 39.8. The van der Waals surface area contributed by atoms with E-state index in [-0.39, 0.29) is 35.6 Å². The number of benzene rings is 1. The lowest BCUT2D eigenvalue weighted by molar-refractivity contribution is -0.143. The molecular formula is C39H44N6O8S3. The third kappa shape index (κ3) is 8.16. The van der Waals surface area contributed by atoms with E-state index in [9.17, 15) is 27.6 Å². The number of ether oxygens (including phenoxy) is 2. The number of carbonyl (C=O) groups is 4. The summed E-state index contributed by atoms with van der Waals surface area (Å²) in [6.45, 7) is 9.12. The van der Waals surface area contributed by atoms with E-state index in [4.69, 9.17) is 19.4 Å². The Morgan fingerprint density at radius 3 is 2.30 bits per heavy atom. The summed E-state index contributed by atoms with van der Waals surface area (Å²) in [6.07, 6.45) is 3.24. The first-order valence-electron chi connectivity index (χ1n) is 18.5. The van der Waals surface area contributed by atoms with Gasteiger partial charge in [0, 0.05) is 12.3 Å². The molecule has 3 aromatic heterocycles. The molecule has 56 heavy (non-hydrogen) atoms. The van der Waals surface area contributed by atoms with Gasteiger partial charge >= 0.3 is 6.09 Å². The number of nitrogens with zero attached hydrogens (tertiary/aromatic N) is 3. The van der Waals surface area contributed by atoms with Gasteiger partial charge < -0.3 is 25.0 Å². The second kappa shape index (κ2) is 15.6. The molecule has 0 radical (unpaired) electrons. The van der Waals surface area contributed by atoms with Crippen LogP contribution in [0.1, 0.15) is 59.3 Å². The Bertz CT molecular complexity index is 2240. The summed E-state index contributed by atoms with van der Waals surface area (Å²) in [5.41, 5.74) is -0.681. The van der Waals surface area contributed by atoms with E-state index < -0.39 is 68.9 Å². The first-order chi connectivity index (χ1) is 26.7. The van der Waals surface area contributed by atoms with Crippen molar-refractivity contribution >= 4 is 67.5 Å². The molecule has 7 rings (SSSR count). The molecule has 3 fully saturated rings. The minimum Gasteiger partial charge on any atom is -0.471 e. The van der Waals surface area contributed by atoms with Crippen LogP contribution < -0.4 is 20.1 Å². The fraction of sp³-hybridized carbons (Fsp3) is 0.436. The summed E-state index contributed by atoms with van der Waals surface area (Å²) in [6, 6.07) is 11.8. The van der Waals surface area contributed by atoms with E-state index in [1.165, 1.54) is 28.4 Å². The number of hydrogen-bond acceptors (Lipinski definition) is 12. The fourth-order valence-corrected chi connectivity index (χ4v) is 10.1. The van der Waals surface area contributed by atoms with E-state index in [1.807, 2.05) is 41.8 Å². The second-order valence-corrected chi connectivity index (χ2v) is 19.3. The van der Waals surface area contributed by atoms with Gasteiger partial charge in [-0.1, -0.05) is 51.1 Å². The number of aromatic nitrogens is 2. The highest BCUT2D eigenvalue weighted by Gasteiger charge is 2.61. The van der Waals surface area contributed by atoms with Crippen LogP contribution in [0.5, 0.6) is 5.88 Å². The number of hydrogen-bond donors (Lipinski definition) is 3. The fourth-order valence-electron chi connectivity index (χ4n) is 7.31. The van der Waals surface area contributed by atoms with Crippen LogP contribution in [0.2, 0.25) is 0 Å². The SMILES string of the molecule is C=C[C@@H]1CC1(NC(=O)[C@@H]1C[C@@H](Oc2nc3ccccc3nc2-c2cccs2)CN1C(=O)[C@@H](NC(=O)OC1CCCC1)C(C)(C)C)C(=O)NS(=O)(=O)c1cccs1. The van der Waals surface area contributed by atoms with Crippen LogP contribution in [0, 0.1) is 11.3 Å². The minimum atomic E-state index is -4.22. The molecule has 2 aliphatic carbocycles. The average molecular weight is 821 g/mol. The Labute approximate surface area is 333 Å². The lowest BCUT2D eigenvalue weighted by Crippen LogP contribution is -2.60. The Hall–Kier alpha value is -4.87. The van der Waals surface area contributed by atoms with Crippen molar-refractivity contribution in [1.29, 1.82) is 0 Å². The van der Waals surface area contributed by atoms with Crippen LogP contribution >= 0.6 is 22.7 Å². The number of para-hydroxylation sites is 2. The third-order valence-corrected chi connectivity index (χ3v) is 14.0. The highest BCUT2D eigenvalue weighted by molar-refractivity contribution is 7.92. The second-order valence-electron chi connectivity index (χ2n) is 15.5. The quantitative estimate of drug-likeness (QED) is 0.156. The van der Waals surface area contributed by atoms with Gasteiger partial charge in [0.25, 0.3) is 15.9 Å². The topological polar surface area (TPSA) is 186 Å². The standard InChI is InChI=1S/C39H44N6O8S3/c1-5-23-21-39(23,36(48)44-56(50,51)30-17-11-19-55-30)43-33(46)28-20-25(52-34-31(29-16-10-18-54-29)40-26-14-8-9-15-27(26)41-34)22-45(28)35(47)32(38(2,3)4)42-37(49)53-24-12-6-7-13-24/h5,8-11,14-19,23-25,28,32H,1,6-7,12-13,20-22H2,2-4H3,(H,42,49)(H,43,46)(H,44,48)/t23-,25-,28+,32-,39?/m1/s1. The van der Waals surface area contributed by atoms with Crippen molar-refractivity contribution in [2.75, 3.05) is 6.54 Å². The van der Waals surface area contributed by atoms with Crippen molar-refractivity contribution < 1.29 is 37.1 Å². The number of carbonyl (C=O) groups excluding carboxylic acids is 4. The summed E-state index contributed by atoms with van der Waals surface area (Å²) in [5.74, 6) is -2.51. The molecular weight excluding hydrogens is 777 g/mol. The number of fused-ring (bicyclic) bond motifs is 1. The molecule has 14 nitrogen and oxygen atoms in total. The smallest absolute Gasteiger partial charge is 0.408 e. The molecule has 1 aromatic carbocycles. The Balaban J connectivity index is 1.19. The minimum absolute atomic E-state index is 0.0106. The lowest BCUT2D eigenvalue weighted by atomic mass is 9.85. The van der Waals surface area contributed by atoms with Gasteiger partial charge in [0.2, 0.25) is 17.7 Å². The molecule has 17 heteroatoms. The normalized spacial score (nSPS) is 23.0. The van der Waals surface area contributed by atoms with Gasteiger partial charge in [0.15, 0.2) is 0 Å². The van der Waals surface area contributed by atoms with Crippen molar-refractivity contribution in [3.63, 3.8) is 0 Å². The molecule has 4 amide bonds. The van der Waals surface area contributed by atoms with Crippen LogP contribution in [0.25, 0.3) is 21.6 Å². The summed E-state index contributed by atoms with van der Waals surface area (Å²) in [5, 5.41) is 9.07. The molecule has 0 bridgehead atoms. The Kier molecular flexibility index (Phi) is 11.0. The van der Waals surface area contributed by atoms with Gasteiger partial charge in [-0.05, 0) is 72.5 Å². The predicted octanol–water partition coefficient (Wildman–Crippen LogP) is 5.42. The summed E-state index contributed by atoms with van der Waals surface area (Å²) < 4.78 is 40.4. The van der Waals surface area contributed by atoms with Gasteiger partial charge in [-0.25, -0.2) is 27.9 Å². The van der Waals surface area contributed by atoms with Crippen molar-refractivity contribution in [3.05, 3.63) is 71.9 Å². The van der Waals surface area contributed by atoms with Gasteiger partial charge in [-0.3, -0.25) is 14.4 Å². The molecule has 1 aliphatic heterocycles. The van der Waals surface area contributed by atoms with Crippen LogP contribution in [0.3, 0.4) is 0 Å². The molecule has 3 aliphatic rings. The van der Waals surface area contributed by atoms with E-state index in [0.29, 0.717) is 16.7 Å². The zero-order valence-electron chi connectivity index (χ0n) is 31.2.